The van der Waals surface area contributed by atoms with E-state index in [1.165, 1.54) is 24.3 Å². The van der Waals surface area contributed by atoms with E-state index in [9.17, 15) is 19.7 Å². The fourth-order valence-corrected chi connectivity index (χ4v) is 4.33. The quantitative estimate of drug-likeness (QED) is 0.286. The highest BCUT2D eigenvalue weighted by Crippen LogP contribution is 2.30. The number of halogens is 1. The van der Waals surface area contributed by atoms with Gasteiger partial charge in [0, 0.05) is 56.5 Å². The molecule has 1 aliphatic heterocycles. The van der Waals surface area contributed by atoms with Gasteiger partial charge in [-0.05, 0) is 42.5 Å². The molecular weight excluding hydrogens is 506 g/mol. The molecule has 0 spiro atoms. The van der Waals surface area contributed by atoms with Crippen LogP contribution in [0.5, 0.6) is 0 Å². The van der Waals surface area contributed by atoms with Crippen molar-refractivity contribution in [1.82, 2.24) is 10.2 Å². The second kappa shape index (κ2) is 10.8. The van der Waals surface area contributed by atoms with Gasteiger partial charge in [-0.15, -0.1) is 0 Å². The van der Waals surface area contributed by atoms with E-state index < -0.39 is 10.8 Å². The Kier molecular flexibility index (Phi) is 7.51. The summed E-state index contributed by atoms with van der Waals surface area (Å²) >= 11 is 11.7. The van der Waals surface area contributed by atoms with E-state index >= 15 is 0 Å². The number of nitrogens with zero attached hydrogens (tertiary/aromatic N) is 3. The Labute approximate surface area is 217 Å². The maximum absolute atomic E-state index is 12.6. The van der Waals surface area contributed by atoms with Crippen LogP contribution in [0.15, 0.2) is 59.0 Å². The van der Waals surface area contributed by atoms with Crippen LogP contribution >= 0.6 is 23.8 Å². The molecule has 10 nitrogen and oxygen atoms in total. The number of anilines is 2. The van der Waals surface area contributed by atoms with E-state index in [-0.39, 0.29) is 22.5 Å². The maximum atomic E-state index is 12.6. The molecule has 1 saturated heterocycles. The lowest BCUT2D eigenvalue weighted by Gasteiger charge is -2.36. The largest absolute Gasteiger partial charge is 0.451 e. The number of nitro groups is 1. The van der Waals surface area contributed by atoms with Gasteiger partial charge in [-0.25, -0.2) is 0 Å². The van der Waals surface area contributed by atoms with Gasteiger partial charge >= 0.3 is 0 Å². The highest BCUT2D eigenvalue weighted by Gasteiger charge is 2.21. The van der Waals surface area contributed by atoms with Crippen LogP contribution < -0.4 is 15.5 Å². The van der Waals surface area contributed by atoms with Crippen LogP contribution in [0.3, 0.4) is 0 Å². The Morgan fingerprint density at radius 3 is 2.50 bits per heavy atom. The van der Waals surface area contributed by atoms with Gasteiger partial charge in [-0.2, -0.15) is 0 Å². The zero-order chi connectivity index (χ0) is 25.8. The van der Waals surface area contributed by atoms with E-state index in [2.05, 4.69) is 15.5 Å². The summed E-state index contributed by atoms with van der Waals surface area (Å²) in [6, 6.07) is 14.3. The van der Waals surface area contributed by atoms with Crippen LogP contribution in [0.1, 0.15) is 17.5 Å². The summed E-state index contributed by atoms with van der Waals surface area (Å²) in [5.41, 5.74) is 1.84. The lowest BCUT2D eigenvalue weighted by atomic mass is 10.1. The van der Waals surface area contributed by atoms with Crippen molar-refractivity contribution in [2.75, 3.05) is 36.4 Å². The van der Waals surface area contributed by atoms with E-state index in [0.717, 1.165) is 5.69 Å². The average molecular weight is 528 g/mol. The number of thiocarbonyl (C=S) groups is 1. The number of non-ortho nitro benzene ring substituents is 1. The summed E-state index contributed by atoms with van der Waals surface area (Å²) in [5, 5.41) is 17.0. The van der Waals surface area contributed by atoms with Crippen LogP contribution in [-0.4, -0.2) is 52.9 Å². The van der Waals surface area contributed by atoms with Gasteiger partial charge < -0.3 is 19.5 Å². The highest BCUT2D eigenvalue weighted by atomic mass is 35.5. The monoisotopic (exact) mass is 527 g/mol. The summed E-state index contributed by atoms with van der Waals surface area (Å²) in [5.74, 6) is -0.200. The molecule has 0 radical (unpaired) electrons. The number of carbonyl (C=O) groups excluding carboxylic acids is 2. The molecule has 0 aliphatic carbocycles. The van der Waals surface area contributed by atoms with Crippen molar-refractivity contribution in [3.8, 4) is 11.3 Å². The Balaban J connectivity index is 1.35. The molecule has 186 valence electrons. The molecule has 0 atom stereocenters. The van der Waals surface area contributed by atoms with Crippen LogP contribution in [0, 0.1) is 10.1 Å². The Morgan fingerprint density at radius 1 is 1.08 bits per heavy atom. The number of nitrogens with one attached hydrogen (secondary N) is 2. The third-order valence-corrected chi connectivity index (χ3v) is 6.18. The molecule has 12 heteroatoms. The minimum Gasteiger partial charge on any atom is -0.451 e. The minimum atomic E-state index is -0.574. The first-order chi connectivity index (χ1) is 17.2. The third-order valence-electron chi connectivity index (χ3n) is 5.67. The van der Waals surface area contributed by atoms with Crippen LogP contribution in [0.25, 0.3) is 11.3 Å². The van der Waals surface area contributed by atoms with Crippen molar-refractivity contribution < 1.29 is 18.9 Å². The third kappa shape index (κ3) is 5.81. The van der Waals surface area contributed by atoms with E-state index in [1.807, 2.05) is 6.07 Å². The fourth-order valence-electron chi connectivity index (χ4n) is 3.82. The number of carbonyl (C=O) groups is 2. The predicted octanol–water partition coefficient (Wildman–Crippen LogP) is 4.30. The van der Waals surface area contributed by atoms with E-state index in [1.54, 1.807) is 36.1 Å². The Hall–Kier alpha value is -3.96. The Morgan fingerprint density at radius 2 is 1.83 bits per heavy atom. The first-order valence-corrected chi connectivity index (χ1v) is 11.8. The first kappa shape index (κ1) is 25.1. The second-order valence-electron chi connectivity index (χ2n) is 8.04. The topological polar surface area (TPSA) is 121 Å². The molecule has 0 saturated carbocycles. The Bertz CT molecular complexity index is 1340. The van der Waals surface area contributed by atoms with Crippen LogP contribution in [0.2, 0.25) is 5.02 Å². The molecule has 1 fully saturated rings. The second-order valence-corrected chi connectivity index (χ2v) is 8.85. The summed E-state index contributed by atoms with van der Waals surface area (Å²) in [7, 11) is 0. The van der Waals surface area contributed by atoms with Crippen LogP contribution in [0.4, 0.5) is 17.1 Å². The predicted molar refractivity (Wildman–Crippen MR) is 140 cm³/mol. The van der Waals surface area contributed by atoms with Crippen molar-refractivity contribution in [3.63, 3.8) is 0 Å². The molecule has 0 unspecified atom stereocenters. The number of rotatable bonds is 5. The van der Waals surface area contributed by atoms with Crippen molar-refractivity contribution >= 4 is 57.8 Å². The smallest absolute Gasteiger partial charge is 0.293 e. The van der Waals surface area contributed by atoms with Crippen molar-refractivity contribution in [2.24, 2.45) is 0 Å². The lowest BCUT2D eigenvalue weighted by molar-refractivity contribution is -0.384. The molecule has 2 amide bonds. The minimum absolute atomic E-state index is 0.00117. The van der Waals surface area contributed by atoms with Gasteiger partial charge in [0.1, 0.15) is 5.76 Å². The number of nitro benzene ring substituents is 1. The average Bonchev–Trinajstić information content (AvgIpc) is 3.35. The van der Waals surface area contributed by atoms with Gasteiger partial charge in [0.05, 0.1) is 15.6 Å². The summed E-state index contributed by atoms with van der Waals surface area (Å²) < 4.78 is 5.57. The van der Waals surface area contributed by atoms with Gasteiger partial charge in [0.15, 0.2) is 10.9 Å². The molecule has 1 aliphatic rings. The molecule has 1 aromatic heterocycles. The van der Waals surface area contributed by atoms with Crippen LogP contribution in [-0.2, 0) is 4.79 Å². The molecule has 2 heterocycles. The normalized spacial score (nSPS) is 13.3. The zero-order valence-corrected chi connectivity index (χ0v) is 20.8. The molecule has 4 rings (SSSR count). The number of hydrogen-bond donors (Lipinski definition) is 2. The number of piperazine rings is 1. The number of amides is 2. The summed E-state index contributed by atoms with van der Waals surface area (Å²) in [6.07, 6.45) is 0. The zero-order valence-electron chi connectivity index (χ0n) is 19.2. The maximum Gasteiger partial charge on any atom is 0.293 e. The van der Waals surface area contributed by atoms with Gasteiger partial charge in [0.25, 0.3) is 11.6 Å². The number of hydrogen-bond acceptors (Lipinski definition) is 7. The number of furan rings is 1. The van der Waals surface area contributed by atoms with Gasteiger partial charge in [-0.1, -0.05) is 23.7 Å². The fraction of sp³-hybridized carbons (Fsp3) is 0.208. The molecule has 0 bridgehead atoms. The molecule has 36 heavy (non-hydrogen) atoms. The van der Waals surface area contributed by atoms with Crippen molar-refractivity contribution in [2.45, 2.75) is 6.92 Å². The molecular formula is C24H22ClN5O5S. The van der Waals surface area contributed by atoms with E-state index in [4.69, 9.17) is 28.2 Å². The van der Waals surface area contributed by atoms with Crippen molar-refractivity contribution in [3.05, 3.63) is 75.5 Å². The lowest BCUT2D eigenvalue weighted by Crippen LogP contribution is -2.48. The van der Waals surface area contributed by atoms with Gasteiger partial charge in [0.2, 0.25) is 5.91 Å². The summed E-state index contributed by atoms with van der Waals surface area (Å²) in [6.45, 7) is 4.20. The molecule has 2 aromatic carbocycles. The highest BCUT2D eigenvalue weighted by molar-refractivity contribution is 7.80. The summed E-state index contributed by atoms with van der Waals surface area (Å²) in [4.78, 5) is 38.5. The SMILES string of the molecule is CC(=O)N1CCN(c2ccc(NC(=S)NC(=O)c3ccc(-c4cccc([N+](=O)[O-])c4)o3)cc2Cl)CC1. The molecule has 2 N–H and O–H groups in total. The van der Waals surface area contributed by atoms with Crippen molar-refractivity contribution in [1.29, 1.82) is 0 Å². The first-order valence-electron chi connectivity index (χ1n) is 11.0. The standard InChI is InChI=1S/C24H22ClN5O5S/c1-15(31)28-9-11-29(12-10-28)20-6-5-17(14-19(20)25)26-24(36)27-23(32)22-8-7-21(35-22)16-3-2-4-18(13-16)30(33)34/h2-8,13-14H,9-12H2,1H3,(H2,26,27,32,36). The van der Waals surface area contributed by atoms with E-state index in [0.29, 0.717) is 48.2 Å². The molecule has 3 aromatic rings. The van der Waals surface area contributed by atoms with Gasteiger partial charge in [-0.3, -0.25) is 25.0 Å². The number of benzene rings is 2.